The third kappa shape index (κ3) is 5.56. The van der Waals surface area contributed by atoms with Gasteiger partial charge in [0.05, 0.1) is 0 Å². The molecule has 0 N–H and O–H groups in total. The average molecular weight is 401 g/mol. The SMILES string of the molecule is O=C([O-])c1ccc(Cc2cc(Cl)ccc2OCc2ccc(F)cc2F)o1.[Na+]. The van der Waals surface area contributed by atoms with Gasteiger partial charge in [-0.2, -0.15) is 0 Å². The van der Waals surface area contributed by atoms with E-state index in [9.17, 15) is 18.7 Å². The van der Waals surface area contributed by atoms with E-state index in [4.69, 9.17) is 20.8 Å². The van der Waals surface area contributed by atoms with Gasteiger partial charge >= 0.3 is 29.6 Å². The number of carboxylic acid groups (broad SMARTS) is 1. The van der Waals surface area contributed by atoms with Crippen LogP contribution in [-0.4, -0.2) is 5.97 Å². The third-order valence-corrected chi connectivity index (χ3v) is 3.88. The molecule has 0 saturated carbocycles. The number of hydrogen-bond donors (Lipinski definition) is 0. The Labute approximate surface area is 181 Å². The quantitative estimate of drug-likeness (QED) is 0.573. The van der Waals surface area contributed by atoms with E-state index in [1.807, 2.05) is 0 Å². The largest absolute Gasteiger partial charge is 1.00 e. The Morgan fingerprint density at radius 3 is 2.52 bits per heavy atom. The van der Waals surface area contributed by atoms with E-state index in [2.05, 4.69) is 0 Å². The molecule has 27 heavy (non-hydrogen) atoms. The van der Waals surface area contributed by atoms with Crippen LogP contribution < -0.4 is 39.4 Å². The van der Waals surface area contributed by atoms with Gasteiger partial charge in [-0.25, -0.2) is 8.78 Å². The molecule has 0 spiro atoms. The first-order valence-corrected chi connectivity index (χ1v) is 7.95. The molecule has 0 aliphatic rings. The fourth-order valence-corrected chi connectivity index (χ4v) is 2.59. The van der Waals surface area contributed by atoms with Crippen LogP contribution in [0.1, 0.15) is 27.4 Å². The third-order valence-electron chi connectivity index (χ3n) is 3.65. The maximum absolute atomic E-state index is 13.7. The molecule has 0 aliphatic carbocycles. The average Bonchev–Trinajstić information content (AvgIpc) is 3.04. The number of furan rings is 1. The zero-order chi connectivity index (χ0) is 18.7. The smallest absolute Gasteiger partial charge is 0.542 e. The summed E-state index contributed by atoms with van der Waals surface area (Å²) >= 11 is 6.01. The van der Waals surface area contributed by atoms with Crippen LogP contribution in [0.2, 0.25) is 5.02 Å². The molecule has 0 saturated heterocycles. The van der Waals surface area contributed by atoms with Gasteiger partial charge in [0.15, 0.2) is 0 Å². The van der Waals surface area contributed by atoms with E-state index in [0.29, 0.717) is 22.1 Å². The first-order chi connectivity index (χ1) is 12.4. The molecule has 0 radical (unpaired) electrons. The molecule has 0 fully saturated rings. The van der Waals surface area contributed by atoms with Gasteiger partial charge in [0.1, 0.15) is 41.5 Å². The Kier molecular flexibility index (Phi) is 7.44. The normalized spacial score (nSPS) is 10.3. The first-order valence-electron chi connectivity index (χ1n) is 7.57. The van der Waals surface area contributed by atoms with Crippen LogP contribution in [-0.2, 0) is 13.0 Å². The minimum Gasteiger partial charge on any atom is -0.542 e. The number of halogens is 3. The Balaban J connectivity index is 0.00000261. The Bertz CT molecular complexity index is 959. The molecule has 3 aromatic rings. The van der Waals surface area contributed by atoms with Crippen molar-refractivity contribution >= 4 is 17.6 Å². The van der Waals surface area contributed by atoms with Crippen LogP contribution in [0, 0.1) is 11.6 Å². The van der Waals surface area contributed by atoms with Gasteiger partial charge in [-0.3, -0.25) is 0 Å². The minimum absolute atomic E-state index is 0. The summed E-state index contributed by atoms with van der Waals surface area (Å²) in [5.74, 6) is -2.26. The molecule has 8 heteroatoms. The fourth-order valence-electron chi connectivity index (χ4n) is 2.39. The van der Waals surface area contributed by atoms with Crippen LogP contribution in [0.25, 0.3) is 0 Å². The summed E-state index contributed by atoms with van der Waals surface area (Å²) < 4.78 is 37.5. The Morgan fingerprint density at radius 2 is 1.85 bits per heavy atom. The first kappa shape index (κ1) is 21.4. The predicted octanol–water partition coefficient (Wildman–Crippen LogP) is 0.749. The van der Waals surface area contributed by atoms with E-state index in [0.717, 1.165) is 12.1 Å². The number of aromatic carboxylic acids is 1. The van der Waals surface area contributed by atoms with Crippen molar-refractivity contribution in [2.24, 2.45) is 0 Å². The van der Waals surface area contributed by atoms with Crippen LogP contribution in [0.5, 0.6) is 5.75 Å². The molecule has 1 aromatic heterocycles. The van der Waals surface area contributed by atoms with Gasteiger partial charge in [-0.15, -0.1) is 0 Å². The van der Waals surface area contributed by atoms with Crippen molar-refractivity contribution in [3.05, 3.63) is 87.8 Å². The van der Waals surface area contributed by atoms with Crippen molar-refractivity contribution in [2.75, 3.05) is 0 Å². The van der Waals surface area contributed by atoms with Crippen LogP contribution >= 0.6 is 11.6 Å². The van der Waals surface area contributed by atoms with Crippen molar-refractivity contribution in [2.45, 2.75) is 13.0 Å². The molecule has 0 amide bonds. The number of carboxylic acids is 1. The summed E-state index contributed by atoms with van der Waals surface area (Å²) in [6, 6.07) is 10.9. The Hall–Kier alpha value is -1.86. The van der Waals surface area contributed by atoms with Crippen LogP contribution in [0.3, 0.4) is 0 Å². The van der Waals surface area contributed by atoms with Crippen molar-refractivity contribution < 1.29 is 57.4 Å². The molecule has 0 aliphatic heterocycles. The minimum atomic E-state index is -1.41. The number of carbonyl (C=O) groups is 1. The fraction of sp³-hybridized carbons (Fsp3) is 0.105. The summed E-state index contributed by atoms with van der Waals surface area (Å²) in [5, 5.41) is 11.2. The predicted molar refractivity (Wildman–Crippen MR) is 88.0 cm³/mol. The van der Waals surface area contributed by atoms with E-state index in [-0.39, 0.29) is 53.9 Å². The van der Waals surface area contributed by atoms with Crippen LogP contribution in [0.15, 0.2) is 52.9 Å². The van der Waals surface area contributed by atoms with Gasteiger partial charge < -0.3 is 19.1 Å². The number of benzene rings is 2. The molecule has 134 valence electrons. The number of hydrogen-bond acceptors (Lipinski definition) is 4. The molecule has 1 heterocycles. The van der Waals surface area contributed by atoms with Gasteiger partial charge in [0.2, 0.25) is 0 Å². The van der Waals surface area contributed by atoms with Crippen molar-refractivity contribution in [1.82, 2.24) is 0 Å². The maximum Gasteiger partial charge on any atom is 1.00 e. The van der Waals surface area contributed by atoms with Gasteiger partial charge in [-0.1, -0.05) is 11.6 Å². The van der Waals surface area contributed by atoms with Crippen LogP contribution in [0.4, 0.5) is 8.78 Å². The number of ether oxygens (including phenoxy) is 1. The molecule has 2 aromatic carbocycles. The second-order valence-electron chi connectivity index (χ2n) is 5.51. The van der Waals surface area contributed by atoms with Crippen molar-refractivity contribution in [3.8, 4) is 5.75 Å². The van der Waals surface area contributed by atoms with Gasteiger partial charge in [-0.05, 0) is 42.5 Å². The number of rotatable bonds is 6. The zero-order valence-corrected chi connectivity index (χ0v) is 17.1. The molecule has 3 rings (SSSR count). The van der Waals surface area contributed by atoms with E-state index in [1.165, 1.54) is 18.2 Å². The van der Waals surface area contributed by atoms with Crippen molar-refractivity contribution in [1.29, 1.82) is 0 Å². The topological polar surface area (TPSA) is 62.5 Å². The number of carbonyl (C=O) groups excluding carboxylic acids is 1. The standard InChI is InChI=1S/C19H13ClF2O4.Na/c20-13-2-5-17(25-10-11-1-3-14(21)9-16(11)22)12(7-13)8-15-4-6-18(26-15)19(23)24;/h1-7,9H,8,10H2,(H,23,24);/q;+1/p-1. The van der Waals surface area contributed by atoms with E-state index >= 15 is 0 Å². The van der Waals surface area contributed by atoms with E-state index in [1.54, 1.807) is 18.2 Å². The van der Waals surface area contributed by atoms with Gasteiger partial charge in [0.25, 0.3) is 0 Å². The summed E-state index contributed by atoms with van der Waals surface area (Å²) in [5.41, 5.74) is 0.823. The summed E-state index contributed by atoms with van der Waals surface area (Å²) in [6.07, 6.45) is 0.217. The molecule has 0 unspecified atom stereocenters. The van der Waals surface area contributed by atoms with Crippen molar-refractivity contribution in [3.63, 3.8) is 0 Å². The van der Waals surface area contributed by atoms with E-state index < -0.39 is 17.6 Å². The summed E-state index contributed by atoms with van der Waals surface area (Å²) in [6.45, 7) is -0.108. The molecule has 0 atom stereocenters. The monoisotopic (exact) mass is 400 g/mol. The second-order valence-corrected chi connectivity index (χ2v) is 5.94. The molecule has 4 nitrogen and oxygen atoms in total. The van der Waals surface area contributed by atoms with Gasteiger partial charge in [0, 0.05) is 28.6 Å². The zero-order valence-electron chi connectivity index (χ0n) is 14.3. The summed E-state index contributed by atoms with van der Waals surface area (Å²) in [7, 11) is 0. The summed E-state index contributed by atoms with van der Waals surface area (Å²) in [4.78, 5) is 10.8. The molecule has 0 bridgehead atoms. The second kappa shape index (κ2) is 9.37. The molecular formula is C19H12ClF2NaO4. The maximum atomic E-state index is 13.7. The molecular weight excluding hydrogens is 389 g/mol. The Morgan fingerprint density at radius 1 is 1.07 bits per heavy atom.